The van der Waals surface area contributed by atoms with Crippen LogP contribution in [0.3, 0.4) is 0 Å². The lowest BCUT2D eigenvalue weighted by Crippen LogP contribution is -2.42. The lowest BCUT2D eigenvalue weighted by Gasteiger charge is -2.29. The van der Waals surface area contributed by atoms with E-state index in [1.807, 2.05) is 0 Å². The third kappa shape index (κ3) is 4.26. The third-order valence-electron chi connectivity index (χ3n) is 3.94. The molecule has 1 amide bonds. The van der Waals surface area contributed by atoms with E-state index in [2.05, 4.69) is 12.2 Å². The van der Waals surface area contributed by atoms with Gasteiger partial charge in [-0.3, -0.25) is 4.79 Å². The van der Waals surface area contributed by atoms with Gasteiger partial charge in [-0.25, -0.2) is 13.6 Å². The molecule has 120 valence electrons. The molecule has 4 nitrogen and oxygen atoms in total. The van der Waals surface area contributed by atoms with Gasteiger partial charge in [0.15, 0.2) is 6.61 Å². The number of carbonyl (C=O) groups is 2. The molecule has 0 radical (unpaired) electrons. The fraction of sp³-hybridized carbons (Fsp3) is 0.500. The molecule has 2 atom stereocenters. The monoisotopic (exact) mass is 311 g/mol. The Bertz CT molecular complexity index is 562. The second kappa shape index (κ2) is 7.33. The van der Waals surface area contributed by atoms with Crippen LogP contribution in [0, 0.1) is 17.6 Å². The summed E-state index contributed by atoms with van der Waals surface area (Å²) in [6, 6.07) is 2.64. The predicted octanol–water partition coefficient (Wildman–Crippen LogP) is 2.82. The fourth-order valence-electron chi connectivity index (χ4n) is 2.64. The van der Waals surface area contributed by atoms with Gasteiger partial charge in [-0.05, 0) is 30.9 Å². The molecule has 1 aromatic rings. The normalized spacial score (nSPS) is 21.2. The summed E-state index contributed by atoms with van der Waals surface area (Å²) in [4.78, 5) is 23.5. The number of esters is 1. The topological polar surface area (TPSA) is 55.4 Å². The molecule has 0 bridgehead atoms. The maximum atomic E-state index is 13.4. The van der Waals surface area contributed by atoms with Crippen molar-refractivity contribution in [2.24, 2.45) is 5.92 Å². The molecular weight excluding hydrogens is 292 g/mol. The maximum absolute atomic E-state index is 13.4. The Morgan fingerprint density at radius 2 is 2.00 bits per heavy atom. The number of nitrogens with one attached hydrogen (secondary N) is 1. The van der Waals surface area contributed by atoms with Gasteiger partial charge in [0.05, 0.1) is 5.56 Å². The summed E-state index contributed by atoms with van der Waals surface area (Å²) in [5.74, 6) is -2.79. The number of hydrogen-bond acceptors (Lipinski definition) is 3. The second-order valence-electron chi connectivity index (χ2n) is 5.64. The van der Waals surface area contributed by atoms with Gasteiger partial charge in [-0.2, -0.15) is 0 Å². The largest absolute Gasteiger partial charge is 0.452 e. The lowest BCUT2D eigenvalue weighted by molar-refractivity contribution is -0.125. The van der Waals surface area contributed by atoms with Crippen LogP contribution < -0.4 is 5.32 Å². The molecular formula is C16H19F2NO3. The van der Waals surface area contributed by atoms with Crippen LogP contribution >= 0.6 is 0 Å². The fourth-order valence-corrected chi connectivity index (χ4v) is 2.64. The van der Waals surface area contributed by atoms with Gasteiger partial charge in [0.1, 0.15) is 11.6 Å². The molecule has 1 saturated carbocycles. The maximum Gasteiger partial charge on any atom is 0.341 e. The summed E-state index contributed by atoms with van der Waals surface area (Å²) in [5, 5.41) is 2.83. The zero-order valence-electron chi connectivity index (χ0n) is 12.4. The van der Waals surface area contributed by atoms with E-state index < -0.39 is 30.1 Å². The SMILES string of the molecule is C[C@@H]1CCCC[C@@H]1NC(=O)COC(=O)c1ccc(F)cc1F. The molecule has 1 aromatic carbocycles. The van der Waals surface area contributed by atoms with Gasteiger partial charge < -0.3 is 10.1 Å². The molecule has 2 rings (SSSR count). The van der Waals surface area contributed by atoms with Crippen molar-refractivity contribution in [3.05, 3.63) is 35.4 Å². The Hall–Kier alpha value is -1.98. The summed E-state index contributed by atoms with van der Waals surface area (Å²) in [5.41, 5.74) is -0.389. The minimum Gasteiger partial charge on any atom is -0.452 e. The van der Waals surface area contributed by atoms with E-state index in [0.29, 0.717) is 12.0 Å². The predicted molar refractivity (Wildman–Crippen MR) is 76.2 cm³/mol. The zero-order chi connectivity index (χ0) is 16.1. The summed E-state index contributed by atoms with van der Waals surface area (Å²) in [6.07, 6.45) is 4.20. The Kier molecular flexibility index (Phi) is 5.46. The van der Waals surface area contributed by atoms with E-state index in [0.717, 1.165) is 37.8 Å². The van der Waals surface area contributed by atoms with E-state index in [1.54, 1.807) is 0 Å². The molecule has 22 heavy (non-hydrogen) atoms. The van der Waals surface area contributed by atoms with Crippen molar-refractivity contribution in [3.8, 4) is 0 Å². The van der Waals surface area contributed by atoms with Gasteiger partial charge in [0.2, 0.25) is 0 Å². The number of rotatable bonds is 4. The summed E-state index contributed by atoms with van der Waals surface area (Å²) in [7, 11) is 0. The van der Waals surface area contributed by atoms with Crippen molar-refractivity contribution in [1.82, 2.24) is 5.32 Å². The highest BCUT2D eigenvalue weighted by atomic mass is 19.1. The van der Waals surface area contributed by atoms with Crippen LogP contribution in [0.4, 0.5) is 8.78 Å². The van der Waals surface area contributed by atoms with Gasteiger partial charge in [0.25, 0.3) is 5.91 Å². The highest BCUT2D eigenvalue weighted by molar-refractivity contribution is 5.91. The van der Waals surface area contributed by atoms with Gasteiger partial charge >= 0.3 is 5.97 Å². The molecule has 1 fully saturated rings. The summed E-state index contributed by atoms with van der Waals surface area (Å²) in [6.45, 7) is 1.60. The molecule has 0 saturated heterocycles. The smallest absolute Gasteiger partial charge is 0.341 e. The Balaban J connectivity index is 1.84. The van der Waals surface area contributed by atoms with E-state index in [1.165, 1.54) is 0 Å². The number of amides is 1. The number of ether oxygens (including phenoxy) is 1. The average Bonchev–Trinajstić information content (AvgIpc) is 2.47. The van der Waals surface area contributed by atoms with Crippen LogP contribution in [0.5, 0.6) is 0 Å². The zero-order valence-corrected chi connectivity index (χ0v) is 12.4. The van der Waals surface area contributed by atoms with E-state index >= 15 is 0 Å². The first-order chi connectivity index (χ1) is 10.5. The Morgan fingerprint density at radius 3 is 2.68 bits per heavy atom. The molecule has 0 unspecified atom stereocenters. The minimum atomic E-state index is -1.01. The van der Waals surface area contributed by atoms with Crippen molar-refractivity contribution >= 4 is 11.9 Å². The van der Waals surface area contributed by atoms with Gasteiger partial charge in [0, 0.05) is 12.1 Å². The van der Waals surface area contributed by atoms with Crippen molar-refractivity contribution in [2.75, 3.05) is 6.61 Å². The number of halogens is 2. The van der Waals surface area contributed by atoms with Crippen LogP contribution in [0.2, 0.25) is 0 Å². The first-order valence-electron chi connectivity index (χ1n) is 7.39. The van der Waals surface area contributed by atoms with Crippen molar-refractivity contribution in [3.63, 3.8) is 0 Å². The van der Waals surface area contributed by atoms with Crippen molar-refractivity contribution < 1.29 is 23.1 Å². The second-order valence-corrected chi connectivity index (χ2v) is 5.64. The standard InChI is InChI=1S/C16H19F2NO3/c1-10-4-2-3-5-14(10)19-15(20)9-22-16(21)12-7-6-11(17)8-13(12)18/h6-8,10,14H,2-5,9H2,1H3,(H,19,20)/t10-,14+/m1/s1. The van der Waals surface area contributed by atoms with Crippen LogP contribution in [0.15, 0.2) is 18.2 Å². The Morgan fingerprint density at radius 1 is 1.27 bits per heavy atom. The number of hydrogen-bond donors (Lipinski definition) is 1. The molecule has 1 N–H and O–H groups in total. The first kappa shape index (κ1) is 16.4. The molecule has 1 aliphatic rings. The minimum absolute atomic E-state index is 0.0857. The molecule has 0 aliphatic heterocycles. The first-order valence-corrected chi connectivity index (χ1v) is 7.39. The highest BCUT2D eigenvalue weighted by Gasteiger charge is 2.23. The number of benzene rings is 1. The number of carbonyl (C=O) groups excluding carboxylic acids is 2. The molecule has 1 aliphatic carbocycles. The van der Waals surface area contributed by atoms with Crippen molar-refractivity contribution in [2.45, 2.75) is 38.6 Å². The molecule has 6 heteroatoms. The quantitative estimate of drug-likeness (QED) is 0.870. The van der Waals surface area contributed by atoms with E-state index in [-0.39, 0.29) is 11.6 Å². The van der Waals surface area contributed by atoms with Gasteiger partial charge in [-0.1, -0.05) is 19.8 Å². The average molecular weight is 311 g/mol. The van der Waals surface area contributed by atoms with Crippen molar-refractivity contribution in [1.29, 1.82) is 0 Å². The van der Waals surface area contributed by atoms with Crippen LogP contribution in [-0.2, 0) is 9.53 Å². The molecule has 0 aromatic heterocycles. The summed E-state index contributed by atoms with van der Waals surface area (Å²) < 4.78 is 30.9. The molecule has 0 spiro atoms. The third-order valence-corrected chi connectivity index (χ3v) is 3.94. The van der Waals surface area contributed by atoms with Gasteiger partial charge in [-0.15, -0.1) is 0 Å². The van der Waals surface area contributed by atoms with Crippen LogP contribution in [0.25, 0.3) is 0 Å². The van der Waals surface area contributed by atoms with E-state index in [4.69, 9.17) is 4.74 Å². The summed E-state index contributed by atoms with van der Waals surface area (Å²) >= 11 is 0. The Labute approximate surface area is 127 Å². The highest BCUT2D eigenvalue weighted by Crippen LogP contribution is 2.23. The molecule has 0 heterocycles. The lowest BCUT2D eigenvalue weighted by atomic mass is 9.86. The van der Waals surface area contributed by atoms with Crippen LogP contribution in [0.1, 0.15) is 43.0 Å². The van der Waals surface area contributed by atoms with Crippen LogP contribution in [-0.4, -0.2) is 24.5 Å². The van der Waals surface area contributed by atoms with E-state index in [9.17, 15) is 18.4 Å².